The molecule has 3 N–H and O–H groups in total. The fourth-order valence-corrected chi connectivity index (χ4v) is 2.07. The molecule has 1 aromatic rings. The Hall–Kier alpha value is -0.590. The normalized spacial score (nSPS) is 15.5. The van der Waals surface area contributed by atoms with Gasteiger partial charge in [0.15, 0.2) is 0 Å². The number of thioether (sulfide) groups is 1. The van der Waals surface area contributed by atoms with Crippen LogP contribution in [0.25, 0.3) is 0 Å². The summed E-state index contributed by atoms with van der Waals surface area (Å²) in [7, 11) is 0. The first kappa shape index (κ1) is 14.5. The van der Waals surface area contributed by atoms with Crippen molar-refractivity contribution in [3.63, 3.8) is 0 Å². The lowest BCUT2D eigenvalue weighted by Crippen LogP contribution is -2.30. The summed E-state index contributed by atoms with van der Waals surface area (Å²) in [6, 6.07) is -0.368. The SMILES string of the molecule is CC(C)C[C@H](N)[C@H](O)c1nnc(SC(C)C)o1. The first-order valence-corrected chi connectivity index (χ1v) is 6.71. The predicted octanol–water partition coefficient (Wildman–Crippen LogP) is 1.98. The van der Waals surface area contributed by atoms with Crippen molar-refractivity contribution < 1.29 is 9.52 Å². The molecule has 0 saturated heterocycles. The minimum Gasteiger partial charge on any atom is -0.413 e. The van der Waals surface area contributed by atoms with Crippen molar-refractivity contribution in [2.24, 2.45) is 11.7 Å². The third-order valence-electron chi connectivity index (χ3n) is 2.16. The Balaban J connectivity index is 2.62. The Labute approximate surface area is 106 Å². The maximum Gasteiger partial charge on any atom is 0.276 e. The zero-order valence-electron chi connectivity index (χ0n) is 10.8. The van der Waals surface area contributed by atoms with E-state index in [-0.39, 0.29) is 11.9 Å². The number of hydrogen-bond donors (Lipinski definition) is 2. The van der Waals surface area contributed by atoms with E-state index in [1.165, 1.54) is 11.8 Å². The van der Waals surface area contributed by atoms with Gasteiger partial charge in [0.1, 0.15) is 6.10 Å². The predicted molar refractivity (Wildman–Crippen MR) is 67.7 cm³/mol. The molecule has 17 heavy (non-hydrogen) atoms. The second-order valence-electron chi connectivity index (χ2n) is 4.81. The average Bonchev–Trinajstić information content (AvgIpc) is 2.62. The van der Waals surface area contributed by atoms with Gasteiger partial charge in [0.05, 0.1) is 0 Å². The smallest absolute Gasteiger partial charge is 0.276 e. The van der Waals surface area contributed by atoms with Gasteiger partial charge in [0.2, 0.25) is 5.89 Å². The average molecular weight is 259 g/mol. The standard InChI is InChI=1S/C11H21N3O2S/c1-6(2)5-8(12)9(15)10-13-14-11(16-10)17-7(3)4/h6-9,15H,5,12H2,1-4H3/t8-,9-/m0/s1. The Morgan fingerprint density at radius 1 is 1.29 bits per heavy atom. The van der Waals surface area contributed by atoms with E-state index < -0.39 is 6.10 Å². The molecule has 1 heterocycles. The number of nitrogens with zero attached hydrogens (tertiary/aromatic N) is 2. The lowest BCUT2D eigenvalue weighted by molar-refractivity contribution is 0.102. The third-order valence-corrected chi connectivity index (χ3v) is 3.00. The van der Waals surface area contributed by atoms with Gasteiger partial charge in [0, 0.05) is 11.3 Å². The lowest BCUT2D eigenvalue weighted by atomic mass is 10.0. The van der Waals surface area contributed by atoms with E-state index in [9.17, 15) is 5.11 Å². The largest absolute Gasteiger partial charge is 0.413 e. The molecule has 0 aliphatic rings. The summed E-state index contributed by atoms with van der Waals surface area (Å²) >= 11 is 1.47. The van der Waals surface area contributed by atoms with Gasteiger partial charge in [-0.05, 0) is 12.3 Å². The number of hydrogen-bond acceptors (Lipinski definition) is 6. The molecular weight excluding hydrogens is 238 g/mol. The van der Waals surface area contributed by atoms with E-state index in [2.05, 4.69) is 24.0 Å². The van der Waals surface area contributed by atoms with Gasteiger partial charge >= 0.3 is 0 Å². The van der Waals surface area contributed by atoms with Crippen molar-refractivity contribution in [2.75, 3.05) is 0 Å². The van der Waals surface area contributed by atoms with Crippen LogP contribution in [0.1, 0.15) is 46.1 Å². The zero-order valence-corrected chi connectivity index (χ0v) is 11.6. The molecule has 1 rings (SSSR count). The highest BCUT2D eigenvalue weighted by atomic mass is 32.2. The van der Waals surface area contributed by atoms with Gasteiger partial charge in [-0.2, -0.15) is 0 Å². The quantitative estimate of drug-likeness (QED) is 0.760. The van der Waals surface area contributed by atoms with Crippen LogP contribution in [0.5, 0.6) is 0 Å². The fraction of sp³-hybridized carbons (Fsp3) is 0.818. The summed E-state index contributed by atoms with van der Waals surface area (Å²) in [6.07, 6.45) is -0.164. The summed E-state index contributed by atoms with van der Waals surface area (Å²) in [6.45, 7) is 8.19. The van der Waals surface area contributed by atoms with E-state index >= 15 is 0 Å². The van der Waals surface area contributed by atoms with Gasteiger partial charge in [-0.3, -0.25) is 0 Å². The highest BCUT2D eigenvalue weighted by Crippen LogP contribution is 2.25. The highest BCUT2D eigenvalue weighted by molar-refractivity contribution is 7.99. The molecule has 0 bridgehead atoms. The van der Waals surface area contributed by atoms with Crippen molar-refractivity contribution in [2.45, 2.75) is 56.7 Å². The molecule has 0 saturated carbocycles. The molecule has 0 aliphatic carbocycles. The Morgan fingerprint density at radius 3 is 2.47 bits per heavy atom. The molecule has 98 valence electrons. The van der Waals surface area contributed by atoms with Crippen LogP contribution in [0.2, 0.25) is 0 Å². The summed E-state index contributed by atoms with van der Waals surface area (Å²) in [5.74, 6) is 0.633. The molecule has 1 aromatic heterocycles. The minimum absolute atomic E-state index is 0.210. The Kier molecular flexibility index (Phi) is 5.42. The number of nitrogens with two attached hydrogens (primary N) is 1. The highest BCUT2D eigenvalue weighted by Gasteiger charge is 2.23. The molecule has 6 heteroatoms. The molecule has 5 nitrogen and oxygen atoms in total. The van der Waals surface area contributed by atoms with Gasteiger partial charge in [-0.1, -0.05) is 39.5 Å². The van der Waals surface area contributed by atoms with Crippen molar-refractivity contribution in [1.82, 2.24) is 10.2 Å². The fourth-order valence-electron chi connectivity index (χ4n) is 1.45. The van der Waals surface area contributed by atoms with Gasteiger partial charge in [-0.25, -0.2) is 0 Å². The van der Waals surface area contributed by atoms with Crippen LogP contribution in [-0.2, 0) is 0 Å². The summed E-state index contributed by atoms with van der Waals surface area (Å²) in [5, 5.41) is 18.5. The molecule has 0 amide bonds. The first-order valence-electron chi connectivity index (χ1n) is 5.83. The van der Waals surface area contributed by atoms with E-state index in [4.69, 9.17) is 10.2 Å². The van der Waals surface area contributed by atoms with Crippen molar-refractivity contribution >= 4 is 11.8 Å². The summed E-state index contributed by atoms with van der Waals surface area (Å²) < 4.78 is 5.37. The number of rotatable bonds is 6. The second-order valence-corrected chi connectivity index (χ2v) is 6.34. The maximum absolute atomic E-state index is 9.95. The number of aliphatic hydroxyl groups is 1. The van der Waals surface area contributed by atoms with E-state index in [1.54, 1.807) is 0 Å². The zero-order chi connectivity index (χ0) is 13.0. The third kappa shape index (κ3) is 4.65. The monoisotopic (exact) mass is 259 g/mol. The van der Waals surface area contributed by atoms with Crippen LogP contribution in [0.3, 0.4) is 0 Å². The Bertz CT molecular complexity index is 341. The molecular formula is C11H21N3O2S. The van der Waals surface area contributed by atoms with E-state index in [1.807, 2.05) is 13.8 Å². The van der Waals surface area contributed by atoms with E-state index in [0.717, 1.165) is 6.42 Å². The van der Waals surface area contributed by atoms with Crippen LogP contribution >= 0.6 is 11.8 Å². The van der Waals surface area contributed by atoms with Gasteiger partial charge in [0.25, 0.3) is 5.22 Å². The van der Waals surface area contributed by atoms with Gasteiger partial charge < -0.3 is 15.3 Å². The van der Waals surface area contributed by atoms with Crippen molar-refractivity contribution in [3.05, 3.63) is 5.89 Å². The molecule has 0 radical (unpaired) electrons. The van der Waals surface area contributed by atoms with Crippen LogP contribution in [0, 0.1) is 5.92 Å². The van der Waals surface area contributed by atoms with Crippen LogP contribution in [0.4, 0.5) is 0 Å². The van der Waals surface area contributed by atoms with Crippen LogP contribution < -0.4 is 5.73 Å². The molecule has 0 aromatic carbocycles. The topological polar surface area (TPSA) is 85.2 Å². The van der Waals surface area contributed by atoms with Crippen LogP contribution in [0.15, 0.2) is 9.64 Å². The number of aromatic nitrogens is 2. The summed E-state index contributed by atoms with van der Waals surface area (Å²) in [4.78, 5) is 0. The molecule has 0 aliphatic heterocycles. The van der Waals surface area contributed by atoms with Crippen LogP contribution in [-0.4, -0.2) is 26.6 Å². The first-order chi connectivity index (χ1) is 7.90. The maximum atomic E-state index is 9.95. The Morgan fingerprint density at radius 2 is 1.94 bits per heavy atom. The molecule has 0 unspecified atom stereocenters. The lowest BCUT2D eigenvalue weighted by Gasteiger charge is -2.17. The minimum atomic E-state index is -0.883. The second kappa shape index (κ2) is 6.37. The van der Waals surface area contributed by atoms with Crippen molar-refractivity contribution in [1.29, 1.82) is 0 Å². The van der Waals surface area contributed by atoms with Crippen molar-refractivity contribution in [3.8, 4) is 0 Å². The van der Waals surface area contributed by atoms with E-state index in [0.29, 0.717) is 16.4 Å². The van der Waals surface area contributed by atoms with Gasteiger partial charge in [-0.15, -0.1) is 10.2 Å². The molecule has 0 spiro atoms. The molecule has 2 atom stereocenters. The molecule has 0 fully saturated rings. The number of aliphatic hydroxyl groups excluding tert-OH is 1. The summed E-state index contributed by atoms with van der Waals surface area (Å²) in [5.41, 5.74) is 5.88.